The first-order valence-electron chi connectivity index (χ1n) is 10.1. The van der Waals surface area contributed by atoms with Gasteiger partial charge in [0, 0.05) is 46.9 Å². The molecule has 5 nitrogen and oxygen atoms in total. The zero-order chi connectivity index (χ0) is 20.1. The minimum Gasteiger partial charge on any atom is -0.341 e. The number of carbonyl (C=O) groups excluding carboxylic acids is 1. The summed E-state index contributed by atoms with van der Waals surface area (Å²) in [7, 11) is 1.91. The Morgan fingerprint density at radius 1 is 1.21 bits per heavy atom. The first kappa shape index (κ1) is 19.5. The van der Waals surface area contributed by atoms with Crippen LogP contribution in [0.5, 0.6) is 0 Å². The van der Waals surface area contributed by atoms with Crippen molar-refractivity contribution in [2.45, 2.75) is 57.9 Å². The number of hydrogen-bond donors (Lipinski definition) is 0. The number of piperidine rings is 1. The Labute approximate surface area is 171 Å². The molecule has 1 fully saturated rings. The number of aryl methyl sites for hydroxylation is 1. The van der Waals surface area contributed by atoms with E-state index in [0.717, 1.165) is 50.5 Å². The maximum Gasteiger partial charge on any atom is 0.257 e. The molecule has 0 atom stereocenters. The Morgan fingerprint density at radius 2 is 1.93 bits per heavy atom. The van der Waals surface area contributed by atoms with Crippen LogP contribution in [0.1, 0.15) is 65.2 Å². The van der Waals surface area contributed by atoms with Gasteiger partial charge in [-0.3, -0.25) is 9.69 Å². The van der Waals surface area contributed by atoms with E-state index < -0.39 is 0 Å². The molecule has 0 aliphatic carbocycles. The number of likely N-dealkylation sites (tertiary alicyclic amines) is 1. The van der Waals surface area contributed by atoms with Crippen LogP contribution in [0.3, 0.4) is 0 Å². The molecule has 0 bridgehead atoms. The van der Waals surface area contributed by atoms with Gasteiger partial charge >= 0.3 is 0 Å². The lowest BCUT2D eigenvalue weighted by atomic mass is 9.71. The molecule has 1 spiro atoms. The standard InChI is InChI=1S/C22H30N4OS/c1-15-6-7-16(28-15)13-26-10-8-22(9-11-26)14-25(5)19(27)17-12-23-20(21(2,3)4)24-18(17)22/h6-7,12H,8-11,13-14H2,1-5H3. The fraction of sp³-hybridized carbons (Fsp3) is 0.591. The van der Waals surface area contributed by atoms with E-state index in [1.807, 2.05) is 23.3 Å². The van der Waals surface area contributed by atoms with Crippen molar-refractivity contribution < 1.29 is 4.79 Å². The van der Waals surface area contributed by atoms with Gasteiger partial charge in [0.15, 0.2) is 0 Å². The number of carbonyl (C=O) groups is 1. The molecule has 28 heavy (non-hydrogen) atoms. The highest BCUT2D eigenvalue weighted by atomic mass is 32.1. The number of likely N-dealkylation sites (N-methyl/N-ethyl adjacent to an activating group) is 1. The van der Waals surface area contributed by atoms with Crippen LogP contribution in [0.2, 0.25) is 0 Å². The molecule has 4 rings (SSSR count). The molecule has 0 N–H and O–H groups in total. The van der Waals surface area contributed by atoms with Gasteiger partial charge in [0.25, 0.3) is 5.91 Å². The quantitative estimate of drug-likeness (QED) is 0.773. The predicted molar refractivity (Wildman–Crippen MR) is 113 cm³/mol. The zero-order valence-corrected chi connectivity index (χ0v) is 18.4. The highest BCUT2D eigenvalue weighted by molar-refractivity contribution is 7.11. The van der Waals surface area contributed by atoms with Crippen LogP contribution in [-0.2, 0) is 17.4 Å². The van der Waals surface area contributed by atoms with Crippen LogP contribution in [-0.4, -0.2) is 52.4 Å². The Bertz CT molecular complexity index is 890. The third-order valence-corrected chi connectivity index (χ3v) is 7.05. The fourth-order valence-electron chi connectivity index (χ4n) is 4.43. The van der Waals surface area contributed by atoms with E-state index in [4.69, 9.17) is 4.98 Å². The van der Waals surface area contributed by atoms with E-state index in [0.29, 0.717) is 5.56 Å². The van der Waals surface area contributed by atoms with Crippen molar-refractivity contribution in [2.75, 3.05) is 26.7 Å². The molecule has 1 saturated heterocycles. The van der Waals surface area contributed by atoms with E-state index in [1.54, 1.807) is 6.20 Å². The average Bonchev–Trinajstić information content (AvgIpc) is 3.05. The maximum atomic E-state index is 12.7. The third-order valence-electron chi connectivity index (χ3n) is 6.07. The van der Waals surface area contributed by atoms with Crippen LogP contribution in [0.25, 0.3) is 0 Å². The molecule has 1 amide bonds. The Hall–Kier alpha value is -1.79. The number of aromatic nitrogens is 2. The van der Waals surface area contributed by atoms with Gasteiger partial charge in [0.2, 0.25) is 0 Å². The topological polar surface area (TPSA) is 49.3 Å². The summed E-state index contributed by atoms with van der Waals surface area (Å²) in [5.41, 5.74) is 1.51. The molecule has 0 unspecified atom stereocenters. The maximum absolute atomic E-state index is 12.7. The van der Waals surface area contributed by atoms with Gasteiger partial charge in [-0.1, -0.05) is 20.8 Å². The summed E-state index contributed by atoms with van der Waals surface area (Å²) in [6.45, 7) is 12.4. The van der Waals surface area contributed by atoms with Crippen molar-refractivity contribution in [2.24, 2.45) is 0 Å². The van der Waals surface area contributed by atoms with E-state index in [1.165, 1.54) is 9.75 Å². The van der Waals surface area contributed by atoms with Gasteiger partial charge in [-0.2, -0.15) is 0 Å². The largest absolute Gasteiger partial charge is 0.341 e. The molecular weight excluding hydrogens is 368 g/mol. The van der Waals surface area contributed by atoms with E-state index in [2.05, 4.69) is 49.7 Å². The Balaban J connectivity index is 1.61. The number of fused-ring (bicyclic) bond motifs is 2. The minimum atomic E-state index is -0.125. The van der Waals surface area contributed by atoms with Gasteiger partial charge in [0.05, 0.1) is 11.3 Å². The molecule has 2 aromatic heterocycles. The van der Waals surface area contributed by atoms with Gasteiger partial charge in [-0.05, 0) is 45.0 Å². The lowest BCUT2D eigenvalue weighted by molar-refractivity contribution is 0.0623. The Morgan fingerprint density at radius 3 is 2.54 bits per heavy atom. The normalized spacial score (nSPS) is 19.9. The second kappa shape index (κ2) is 6.92. The summed E-state index contributed by atoms with van der Waals surface area (Å²) in [5, 5.41) is 0. The van der Waals surface area contributed by atoms with Crippen molar-refractivity contribution in [1.82, 2.24) is 19.8 Å². The van der Waals surface area contributed by atoms with Crippen molar-refractivity contribution in [3.8, 4) is 0 Å². The highest BCUT2D eigenvalue weighted by Crippen LogP contribution is 2.41. The number of hydrogen-bond acceptors (Lipinski definition) is 5. The van der Waals surface area contributed by atoms with Gasteiger partial charge in [-0.25, -0.2) is 9.97 Å². The molecule has 2 aliphatic rings. The number of amides is 1. The van der Waals surface area contributed by atoms with Crippen LogP contribution >= 0.6 is 11.3 Å². The zero-order valence-electron chi connectivity index (χ0n) is 17.6. The van der Waals surface area contributed by atoms with Crippen LogP contribution in [0, 0.1) is 6.92 Å². The lowest BCUT2D eigenvalue weighted by Crippen LogP contribution is -2.53. The van der Waals surface area contributed by atoms with Gasteiger partial charge < -0.3 is 4.90 Å². The molecule has 150 valence electrons. The van der Waals surface area contributed by atoms with Crippen molar-refractivity contribution in [1.29, 1.82) is 0 Å². The van der Waals surface area contributed by atoms with Gasteiger partial charge in [-0.15, -0.1) is 11.3 Å². The van der Waals surface area contributed by atoms with Crippen molar-refractivity contribution >= 4 is 17.2 Å². The van der Waals surface area contributed by atoms with Crippen LogP contribution in [0.15, 0.2) is 18.3 Å². The van der Waals surface area contributed by atoms with Crippen molar-refractivity contribution in [3.63, 3.8) is 0 Å². The molecule has 0 radical (unpaired) electrons. The van der Waals surface area contributed by atoms with E-state index in [9.17, 15) is 4.79 Å². The molecular formula is C22H30N4OS. The molecule has 6 heteroatoms. The number of thiophene rings is 1. The molecule has 4 heterocycles. The van der Waals surface area contributed by atoms with Crippen LogP contribution in [0.4, 0.5) is 0 Å². The summed E-state index contributed by atoms with van der Waals surface area (Å²) in [5.74, 6) is 0.886. The van der Waals surface area contributed by atoms with Gasteiger partial charge in [0.1, 0.15) is 5.82 Å². The fourth-order valence-corrected chi connectivity index (χ4v) is 5.37. The van der Waals surface area contributed by atoms with E-state index in [-0.39, 0.29) is 16.7 Å². The monoisotopic (exact) mass is 398 g/mol. The smallest absolute Gasteiger partial charge is 0.257 e. The summed E-state index contributed by atoms with van der Waals surface area (Å²) in [6, 6.07) is 4.45. The average molecular weight is 399 g/mol. The number of rotatable bonds is 2. The summed E-state index contributed by atoms with van der Waals surface area (Å²) in [4.78, 5) is 29.5. The van der Waals surface area contributed by atoms with Crippen molar-refractivity contribution in [3.05, 3.63) is 45.2 Å². The van der Waals surface area contributed by atoms with Crippen LogP contribution < -0.4 is 0 Å². The molecule has 2 aliphatic heterocycles. The number of nitrogens with zero attached hydrogens (tertiary/aromatic N) is 4. The molecule has 2 aromatic rings. The second-order valence-electron chi connectivity index (χ2n) is 9.44. The Kier molecular flexibility index (Phi) is 4.82. The third kappa shape index (κ3) is 3.48. The highest BCUT2D eigenvalue weighted by Gasteiger charge is 2.46. The molecule has 0 saturated carbocycles. The summed E-state index contributed by atoms with van der Waals surface area (Å²) < 4.78 is 0. The SMILES string of the molecule is Cc1ccc(CN2CCC3(CC2)CN(C)C(=O)c2cnc(C(C)(C)C)nc23)s1. The van der Waals surface area contributed by atoms with E-state index >= 15 is 0 Å². The summed E-state index contributed by atoms with van der Waals surface area (Å²) in [6.07, 6.45) is 3.83. The summed E-state index contributed by atoms with van der Waals surface area (Å²) >= 11 is 1.89. The minimum absolute atomic E-state index is 0.0528. The lowest BCUT2D eigenvalue weighted by Gasteiger charge is -2.46. The predicted octanol–water partition coefficient (Wildman–Crippen LogP) is 3.76. The first-order chi connectivity index (χ1) is 13.2. The second-order valence-corrected chi connectivity index (χ2v) is 10.8. The molecule has 0 aromatic carbocycles. The first-order valence-corrected chi connectivity index (χ1v) is 10.9.